The van der Waals surface area contributed by atoms with Crippen molar-refractivity contribution in [2.75, 3.05) is 112 Å². The molecule has 8 aromatic heterocycles. The Morgan fingerprint density at radius 2 is 0.828 bits per heavy atom. The summed E-state index contributed by atoms with van der Waals surface area (Å²) in [6.45, 7) is 7.20. The van der Waals surface area contributed by atoms with Crippen molar-refractivity contribution in [1.29, 1.82) is 0 Å². The Balaban J connectivity index is 0.000000145. The third kappa shape index (κ3) is 21.9. The van der Waals surface area contributed by atoms with Gasteiger partial charge in [0.05, 0.1) is 76.6 Å². The van der Waals surface area contributed by atoms with Crippen LogP contribution >= 0.6 is 61.3 Å². The van der Waals surface area contributed by atoms with Crippen LogP contribution in [0.2, 0.25) is 0 Å². The van der Waals surface area contributed by atoms with Crippen LogP contribution in [-0.2, 0) is 51.2 Å². The number of nitrogen functional groups attached to an aromatic ring is 2. The molecule has 14 rings (SSSR count). The number of benzene rings is 2. The van der Waals surface area contributed by atoms with Crippen molar-refractivity contribution in [3.8, 4) is 11.5 Å². The summed E-state index contributed by atoms with van der Waals surface area (Å²) in [5, 5.41) is 68.9. The van der Waals surface area contributed by atoms with E-state index in [1.807, 2.05) is 48.5 Å². The van der Waals surface area contributed by atoms with Crippen LogP contribution in [0.1, 0.15) is 74.1 Å². The molecule has 6 N–H and O–H groups in total. The number of hydrogen-bond donors (Lipinski definition) is 3. The van der Waals surface area contributed by atoms with Gasteiger partial charge in [-0.25, -0.2) is 19.9 Å². The Hall–Kier alpha value is -9.18. The van der Waals surface area contributed by atoms with Crippen molar-refractivity contribution in [2.24, 2.45) is 23.5 Å². The zero-order valence-electron chi connectivity index (χ0n) is 54.6. The van der Waals surface area contributed by atoms with E-state index in [2.05, 4.69) is 137 Å². The Bertz CT molecular complexity index is 3890. The smallest absolute Gasteiger partial charge is 0.245 e. The third-order valence-electron chi connectivity index (χ3n) is 15.9. The van der Waals surface area contributed by atoms with Gasteiger partial charge in [-0.1, -0.05) is 46.9 Å². The molecule has 38 heteroatoms. The highest BCUT2D eigenvalue weighted by Crippen LogP contribution is 2.31. The first kappa shape index (κ1) is 72.6. The molecule has 520 valence electrons. The summed E-state index contributed by atoms with van der Waals surface area (Å²) in [5.74, 6) is 5.43. The van der Waals surface area contributed by atoms with Crippen LogP contribution < -0.4 is 46.3 Å². The fourth-order valence-corrected chi connectivity index (χ4v) is 14.8. The molecule has 0 bridgehead atoms. The number of ketones is 2. The molecule has 4 fully saturated rings. The highest BCUT2D eigenvalue weighted by atomic mass is 79.9. The molecule has 0 spiro atoms. The number of aromatic nitrogens is 20. The molecule has 2 aromatic carbocycles. The van der Waals surface area contributed by atoms with Crippen molar-refractivity contribution >= 4 is 107 Å². The molecule has 0 saturated carbocycles. The molecule has 0 amide bonds. The monoisotopic (exact) mass is 1490 g/mol. The molecule has 4 saturated heterocycles. The first-order chi connectivity index (χ1) is 48.3. The number of rotatable bonds is 22. The van der Waals surface area contributed by atoms with Gasteiger partial charge in [0, 0.05) is 91.9 Å². The van der Waals surface area contributed by atoms with Crippen LogP contribution in [0.4, 0.5) is 34.1 Å². The standard InChI is InChI=1S/2C21H24N6O3S.C10H13N7S.C7H11N5.C2H2BrN3S/c2*1-29-16-5-3-4-15(11-16)20(30-2)17(28)12-19-25-24-18(31-19)10-14-6-9-27(13-14)21-22-7-8-23-26-21;11-9-15-14-8(18-9)5-7-1-4-17(6-7)10-12-2-3-13-16-10;8-6-1-4-12(5-6)7-9-2-3-10-11-7;3-1-5-6-2(4)7-1/h2*3-5,7-8,11,14,20H,6,9-10,12-13H2,1-2H3;2-3,7H,1,4-6H2,(H2,11,15);2-3,6H,1,4-5,8H2;(H2,4,6)/t14-,20+;14-,20-;7-;6-;/m0001./s1. The van der Waals surface area contributed by atoms with Gasteiger partial charge < -0.3 is 55.7 Å². The van der Waals surface area contributed by atoms with Gasteiger partial charge in [-0.05, 0) is 94.8 Å². The van der Waals surface area contributed by atoms with Gasteiger partial charge in [-0.3, -0.25) is 9.59 Å². The fourth-order valence-electron chi connectivity index (χ4n) is 11.2. The van der Waals surface area contributed by atoms with Crippen LogP contribution in [0, 0.1) is 17.8 Å². The van der Waals surface area contributed by atoms with Crippen molar-refractivity contribution in [3.05, 3.63) is 138 Å². The molecule has 10 aromatic rings. The topological polar surface area (TPSA) is 420 Å². The molecule has 99 heavy (non-hydrogen) atoms. The molecule has 33 nitrogen and oxygen atoms in total. The maximum Gasteiger partial charge on any atom is 0.245 e. The lowest BCUT2D eigenvalue weighted by molar-refractivity contribution is -0.129. The maximum atomic E-state index is 12.8. The van der Waals surface area contributed by atoms with Gasteiger partial charge in [0.1, 0.15) is 48.7 Å². The van der Waals surface area contributed by atoms with E-state index in [1.165, 1.54) is 59.6 Å². The average Bonchev–Trinajstić information content (AvgIpc) is 1.75. The van der Waals surface area contributed by atoms with Crippen LogP contribution in [-0.4, -0.2) is 200 Å². The lowest BCUT2D eigenvalue weighted by Gasteiger charge is -2.14. The Morgan fingerprint density at radius 3 is 1.14 bits per heavy atom. The van der Waals surface area contributed by atoms with Crippen molar-refractivity contribution < 1.29 is 28.5 Å². The van der Waals surface area contributed by atoms with Crippen LogP contribution in [0.25, 0.3) is 0 Å². The number of halogens is 1. The van der Waals surface area contributed by atoms with E-state index in [4.69, 9.17) is 36.1 Å². The summed E-state index contributed by atoms with van der Waals surface area (Å²) >= 11 is 8.86. The number of carbonyl (C=O) groups is 2. The molecule has 0 aliphatic carbocycles. The van der Waals surface area contributed by atoms with E-state index >= 15 is 0 Å². The van der Waals surface area contributed by atoms with Crippen molar-refractivity contribution in [1.82, 2.24) is 102 Å². The second-order valence-corrected chi connectivity index (χ2v) is 28.5. The summed E-state index contributed by atoms with van der Waals surface area (Å²) < 4.78 is 22.2. The number of nitrogens with two attached hydrogens (primary N) is 3. The van der Waals surface area contributed by atoms with E-state index in [-0.39, 0.29) is 30.4 Å². The predicted molar refractivity (Wildman–Crippen MR) is 375 cm³/mol. The number of methoxy groups -OCH3 is 4. The number of Topliss-reactive ketones (excluding diaryl/α,β-unsaturated/α-hetero) is 2. The van der Waals surface area contributed by atoms with Crippen LogP contribution in [0.5, 0.6) is 11.5 Å². The van der Waals surface area contributed by atoms with Gasteiger partial charge >= 0.3 is 0 Å². The first-order valence-electron chi connectivity index (χ1n) is 31.4. The number of carbonyl (C=O) groups excluding carboxylic acids is 2. The Kier molecular flexibility index (Phi) is 27.2. The molecule has 4 aliphatic rings. The molecule has 0 unspecified atom stereocenters. The predicted octanol–water partition coefficient (Wildman–Crippen LogP) is 5.27. The summed E-state index contributed by atoms with van der Waals surface area (Å²) in [4.78, 5) is 51.0. The van der Waals surface area contributed by atoms with Crippen LogP contribution in [0.3, 0.4) is 0 Å². The molecule has 12 heterocycles. The van der Waals surface area contributed by atoms with Gasteiger partial charge in [0.15, 0.2) is 15.5 Å². The summed E-state index contributed by atoms with van der Waals surface area (Å²) in [6.07, 6.45) is 18.7. The summed E-state index contributed by atoms with van der Waals surface area (Å²) in [7, 11) is 6.26. The number of hydrogen-bond acceptors (Lipinski definition) is 37. The van der Waals surface area contributed by atoms with E-state index in [0.717, 1.165) is 127 Å². The van der Waals surface area contributed by atoms with E-state index in [1.54, 1.807) is 63.8 Å². The number of nitrogens with zero attached hydrogens (tertiary/aromatic N) is 24. The lowest BCUT2D eigenvalue weighted by Crippen LogP contribution is -2.27. The van der Waals surface area contributed by atoms with Crippen LogP contribution in [0.15, 0.2) is 102 Å². The maximum absolute atomic E-state index is 12.8. The molecule has 4 aliphatic heterocycles. The Labute approximate surface area is 594 Å². The van der Waals surface area contributed by atoms with E-state index in [0.29, 0.717) is 73.3 Å². The minimum absolute atomic E-state index is 0.0563. The largest absolute Gasteiger partial charge is 0.497 e. The first-order valence-corrected chi connectivity index (χ1v) is 35.5. The molecular formula is C61H74BrN27O6S4. The number of anilines is 6. The highest BCUT2D eigenvalue weighted by Gasteiger charge is 2.31. The molecular weight excluding hydrogens is 1420 g/mol. The quantitative estimate of drug-likeness (QED) is 0.0778. The van der Waals surface area contributed by atoms with E-state index in [9.17, 15) is 9.59 Å². The minimum atomic E-state index is -0.662. The van der Waals surface area contributed by atoms with E-state index < -0.39 is 12.2 Å². The van der Waals surface area contributed by atoms with Gasteiger partial charge in [-0.15, -0.1) is 83.9 Å². The minimum Gasteiger partial charge on any atom is -0.497 e. The highest BCUT2D eigenvalue weighted by molar-refractivity contribution is 9.11. The molecule has 0 radical (unpaired) electrons. The van der Waals surface area contributed by atoms with Crippen molar-refractivity contribution in [2.45, 2.75) is 76.0 Å². The lowest BCUT2D eigenvalue weighted by atomic mass is 10.0. The van der Waals surface area contributed by atoms with Gasteiger partial charge in [-0.2, -0.15) is 20.4 Å². The summed E-state index contributed by atoms with van der Waals surface area (Å²) in [6, 6.07) is 15.0. The average molecular weight is 1490 g/mol. The third-order valence-corrected chi connectivity index (χ3v) is 19.8. The van der Waals surface area contributed by atoms with Gasteiger partial charge in [0.2, 0.25) is 34.1 Å². The fraction of sp³-hybridized carbons (Fsp3) is 0.443. The normalized spacial score (nSPS) is 17.6. The zero-order chi connectivity index (χ0) is 69.3. The number of ether oxygens (including phenoxy) is 4. The molecule has 6 atom stereocenters. The second-order valence-electron chi connectivity index (χ2n) is 22.9. The van der Waals surface area contributed by atoms with Crippen molar-refractivity contribution in [3.63, 3.8) is 0 Å². The zero-order valence-corrected chi connectivity index (χ0v) is 59.5. The van der Waals surface area contributed by atoms with Gasteiger partial charge in [0.25, 0.3) is 0 Å². The Morgan fingerprint density at radius 1 is 0.465 bits per heavy atom. The SMILES string of the molecule is COc1cccc([C@@H](OC)C(=O)Cc2nnc(C[C@@H]3CCN(c4nccnn4)C3)s2)c1.COc1cccc([C@H](OC)C(=O)Cc2nnc(C[C@@H]3CCN(c4nccnn4)C3)s2)c1.N[C@@H]1CCN(c2nccnn2)C1.Nc1nnc(Br)s1.Nc1nnc(C[C@@H]2CCN(c3nccnn3)C2)s1. The second kappa shape index (κ2) is 37.1. The summed E-state index contributed by atoms with van der Waals surface area (Å²) in [5.41, 5.74) is 18.0.